The van der Waals surface area contributed by atoms with Crippen molar-refractivity contribution in [2.24, 2.45) is 0 Å². The van der Waals surface area contributed by atoms with Gasteiger partial charge in [-0.1, -0.05) is 70.2 Å². The van der Waals surface area contributed by atoms with Crippen LogP contribution in [-0.2, 0) is 22.7 Å². The van der Waals surface area contributed by atoms with Crippen LogP contribution in [0.5, 0.6) is 0 Å². The van der Waals surface area contributed by atoms with Gasteiger partial charge in [-0.2, -0.15) is 10.2 Å². The fraction of sp³-hybridized carbons (Fsp3) is 0.227. The first-order chi connectivity index (χ1) is 27.6. The van der Waals surface area contributed by atoms with Gasteiger partial charge in [0, 0.05) is 99.3 Å². The van der Waals surface area contributed by atoms with Crippen LogP contribution >= 0.6 is 21.6 Å². The van der Waals surface area contributed by atoms with Crippen LogP contribution < -0.4 is 19.8 Å². The summed E-state index contributed by atoms with van der Waals surface area (Å²) in [6.07, 6.45) is 26.6. The van der Waals surface area contributed by atoms with Gasteiger partial charge in [-0.05, 0) is 58.7 Å². The summed E-state index contributed by atoms with van der Waals surface area (Å²) in [6.45, 7) is 2.86. The number of pyridine rings is 2. The SMILES string of the molecule is O=C(CCC[n+]1ccc(/C=C/c2ccc(-n3cccn3)cc2)cc1)NCCSSCCNC(=O)CCC[n+]1ccc(/C=C/c2ccc(-n3cccn3)cc2)cc1. The van der Waals surface area contributed by atoms with E-state index in [9.17, 15) is 9.59 Å². The molecule has 0 saturated carbocycles. The lowest BCUT2D eigenvalue weighted by Crippen LogP contribution is -2.34. The van der Waals surface area contributed by atoms with Gasteiger partial charge in [-0.15, -0.1) is 0 Å². The second-order valence-electron chi connectivity index (χ2n) is 13.0. The van der Waals surface area contributed by atoms with E-state index in [0.29, 0.717) is 25.9 Å². The van der Waals surface area contributed by atoms with Crippen LogP contribution in [0, 0.1) is 0 Å². The zero-order chi connectivity index (χ0) is 38.6. The molecule has 0 atom stereocenters. The molecule has 0 aliphatic carbocycles. The maximum Gasteiger partial charge on any atom is 0.220 e. The predicted molar refractivity (Wildman–Crippen MR) is 228 cm³/mol. The summed E-state index contributed by atoms with van der Waals surface area (Å²) in [6, 6.07) is 28.7. The topological polar surface area (TPSA) is 102 Å². The molecule has 0 spiro atoms. The number of carbonyl (C=O) groups excluding carboxylic acids is 2. The van der Waals surface area contributed by atoms with Crippen LogP contribution in [0.3, 0.4) is 0 Å². The molecule has 6 rings (SSSR count). The molecule has 286 valence electrons. The minimum atomic E-state index is 0.0803. The Kier molecular flexibility index (Phi) is 15.7. The maximum atomic E-state index is 12.3. The molecule has 4 aromatic heterocycles. The van der Waals surface area contributed by atoms with Crippen molar-refractivity contribution in [2.75, 3.05) is 24.6 Å². The summed E-state index contributed by atoms with van der Waals surface area (Å²) in [5.74, 6) is 1.82. The van der Waals surface area contributed by atoms with E-state index >= 15 is 0 Å². The molecule has 0 aliphatic heterocycles. The average molecular weight is 785 g/mol. The maximum absolute atomic E-state index is 12.3. The molecule has 0 saturated heterocycles. The zero-order valence-electron chi connectivity index (χ0n) is 31.4. The number of benzene rings is 2. The van der Waals surface area contributed by atoms with Crippen LogP contribution in [0.1, 0.15) is 47.9 Å². The minimum Gasteiger partial charge on any atom is -0.355 e. The van der Waals surface area contributed by atoms with Gasteiger partial charge < -0.3 is 10.6 Å². The lowest BCUT2D eigenvalue weighted by Gasteiger charge is -2.06. The van der Waals surface area contributed by atoms with Crippen molar-refractivity contribution in [1.29, 1.82) is 0 Å². The highest BCUT2D eigenvalue weighted by molar-refractivity contribution is 8.76. The van der Waals surface area contributed by atoms with Crippen LogP contribution in [0.15, 0.2) is 135 Å². The molecule has 0 fully saturated rings. The van der Waals surface area contributed by atoms with Gasteiger partial charge in [0.2, 0.25) is 11.8 Å². The second-order valence-corrected chi connectivity index (χ2v) is 15.7. The standard InChI is InChI=1S/C44H46N8O2S2/c53-43(5-1-27-49-31-19-39(20-32-49)9-7-37-11-15-41(16-12-37)51-29-3-23-47-51)45-25-35-55-56-36-26-46-44(54)6-2-28-50-33-21-40(22-34-50)10-8-38-13-17-42(18-14-38)52-30-4-24-48-52/h3-4,7-24,29-34H,1-2,5-6,25-28,35-36H2/p+2. The van der Waals surface area contributed by atoms with Crippen molar-refractivity contribution in [1.82, 2.24) is 30.2 Å². The lowest BCUT2D eigenvalue weighted by atomic mass is 10.1. The van der Waals surface area contributed by atoms with Crippen LogP contribution in [0.4, 0.5) is 0 Å². The Hall–Kier alpha value is -5.72. The number of aromatic nitrogens is 6. The summed E-state index contributed by atoms with van der Waals surface area (Å²) in [7, 11) is 3.43. The molecule has 0 bridgehead atoms. The molecular weight excluding hydrogens is 737 g/mol. The third kappa shape index (κ3) is 13.5. The molecule has 2 aromatic carbocycles. The number of aryl methyl sites for hydroxylation is 2. The van der Waals surface area contributed by atoms with Crippen LogP contribution in [0.25, 0.3) is 35.7 Å². The van der Waals surface area contributed by atoms with Gasteiger partial charge in [0.05, 0.1) is 11.4 Å². The first-order valence-corrected chi connectivity index (χ1v) is 21.4. The number of nitrogens with zero attached hydrogens (tertiary/aromatic N) is 6. The van der Waals surface area contributed by atoms with E-state index in [-0.39, 0.29) is 11.8 Å². The Balaban J connectivity index is 0.743. The predicted octanol–water partition coefficient (Wildman–Crippen LogP) is 6.85. The normalized spacial score (nSPS) is 11.4. The lowest BCUT2D eigenvalue weighted by molar-refractivity contribution is -0.697. The fourth-order valence-corrected chi connectivity index (χ4v) is 7.58. The molecular formula is C44H48N8O2S2+2. The summed E-state index contributed by atoms with van der Waals surface area (Å²) >= 11 is 0. The highest BCUT2D eigenvalue weighted by Gasteiger charge is 2.07. The molecule has 0 radical (unpaired) electrons. The van der Waals surface area contributed by atoms with Gasteiger partial charge in [0.25, 0.3) is 0 Å². The van der Waals surface area contributed by atoms with Crippen LogP contribution in [0.2, 0.25) is 0 Å². The van der Waals surface area contributed by atoms with Crippen molar-refractivity contribution >= 4 is 57.7 Å². The Labute approximate surface area is 336 Å². The smallest absolute Gasteiger partial charge is 0.220 e. The van der Waals surface area contributed by atoms with E-state index in [1.54, 1.807) is 34.0 Å². The van der Waals surface area contributed by atoms with Crippen LogP contribution in [-0.4, -0.2) is 56.0 Å². The Morgan fingerprint density at radius 1 is 0.554 bits per heavy atom. The minimum absolute atomic E-state index is 0.0803. The zero-order valence-corrected chi connectivity index (χ0v) is 33.0. The number of nitrogens with one attached hydrogen (secondary N) is 2. The molecule has 2 amide bonds. The number of amides is 2. The van der Waals surface area contributed by atoms with Gasteiger partial charge >= 0.3 is 0 Å². The third-order valence-corrected chi connectivity index (χ3v) is 11.2. The van der Waals surface area contributed by atoms with E-state index in [2.05, 4.69) is 152 Å². The van der Waals surface area contributed by atoms with Crippen molar-refractivity contribution < 1.29 is 18.7 Å². The van der Waals surface area contributed by atoms with Crippen molar-refractivity contribution in [3.05, 3.63) is 157 Å². The number of rotatable bonds is 21. The molecule has 0 unspecified atom stereocenters. The van der Waals surface area contributed by atoms with E-state index in [1.807, 2.05) is 33.9 Å². The van der Waals surface area contributed by atoms with E-state index in [0.717, 1.165) is 71.1 Å². The number of hydrogen-bond acceptors (Lipinski definition) is 6. The molecule has 12 heteroatoms. The van der Waals surface area contributed by atoms with Crippen molar-refractivity contribution in [3.63, 3.8) is 0 Å². The van der Waals surface area contributed by atoms with Gasteiger partial charge in [-0.3, -0.25) is 9.59 Å². The second kappa shape index (κ2) is 22.0. The van der Waals surface area contributed by atoms with E-state index in [1.165, 1.54) is 0 Å². The van der Waals surface area contributed by atoms with Gasteiger partial charge in [0.15, 0.2) is 24.8 Å². The van der Waals surface area contributed by atoms with E-state index < -0.39 is 0 Å². The fourth-order valence-electron chi connectivity index (χ4n) is 5.77. The Morgan fingerprint density at radius 2 is 0.929 bits per heavy atom. The monoisotopic (exact) mass is 784 g/mol. The molecule has 10 nitrogen and oxygen atoms in total. The van der Waals surface area contributed by atoms with Crippen molar-refractivity contribution in [3.8, 4) is 11.4 Å². The molecule has 56 heavy (non-hydrogen) atoms. The molecule has 4 heterocycles. The molecule has 2 N–H and O–H groups in total. The summed E-state index contributed by atoms with van der Waals surface area (Å²) in [5, 5.41) is 14.6. The Morgan fingerprint density at radius 3 is 1.29 bits per heavy atom. The molecule has 0 aliphatic rings. The number of carbonyl (C=O) groups is 2. The van der Waals surface area contributed by atoms with Crippen molar-refractivity contribution in [2.45, 2.75) is 38.8 Å². The Bertz CT molecular complexity index is 1960. The van der Waals surface area contributed by atoms with E-state index in [4.69, 9.17) is 0 Å². The third-order valence-electron chi connectivity index (χ3n) is 8.83. The first kappa shape index (κ1) is 40.0. The van der Waals surface area contributed by atoms with Gasteiger partial charge in [0.1, 0.15) is 13.1 Å². The highest BCUT2D eigenvalue weighted by atomic mass is 33.1. The quantitative estimate of drug-likeness (QED) is 0.0471. The first-order valence-electron chi connectivity index (χ1n) is 18.9. The summed E-state index contributed by atoms with van der Waals surface area (Å²) < 4.78 is 7.90. The highest BCUT2D eigenvalue weighted by Crippen LogP contribution is 2.19. The summed E-state index contributed by atoms with van der Waals surface area (Å²) in [5.41, 5.74) is 6.56. The summed E-state index contributed by atoms with van der Waals surface area (Å²) in [4.78, 5) is 24.6. The number of hydrogen-bond donors (Lipinski definition) is 2. The average Bonchev–Trinajstić information content (AvgIpc) is 3.98. The largest absolute Gasteiger partial charge is 0.355 e. The van der Waals surface area contributed by atoms with Gasteiger partial charge in [-0.25, -0.2) is 18.5 Å². The molecule has 6 aromatic rings.